The van der Waals surface area contributed by atoms with Crippen LogP contribution in [0.3, 0.4) is 0 Å². The Morgan fingerprint density at radius 2 is 2.00 bits per heavy atom. The second kappa shape index (κ2) is 9.44. The molecule has 4 nitrogen and oxygen atoms in total. The number of nitrogens with zero attached hydrogens (tertiary/aromatic N) is 1. The summed E-state index contributed by atoms with van der Waals surface area (Å²) in [5.74, 6) is 0.755. The fourth-order valence-corrected chi connectivity index (χ4v) is 3.63. The number of unbranched alkanes of at least 4 members (excludes halogenated alkanes) is 1. The summed E-state index contributed by atoms with van der Waals surface area (Å²) < 4.78 is 12.7. The predicted octanol–water partition coefficient (Wildman–Crippen LogP) is 5.03. The van der Waals surface area contributed by atoms with Crippen LogP contribution in [0.2, 0.25) is 0 Å². The van der Waals surface area contributed by atoms with Gasteiger partial charge in [-0.3, -0.25) is 0 Å². The monoisotopic (exact) mass is 439 g/mol. The molecule has 1 atom stereocenters. The van der Waals surface area contributed by atoms with E-state index in [2.05, 4.69) is 36.4 Å². The lowest BCUT2D eigenvalue weighted by molar-refractivity contribution is -0.0759. The Balaban J connectivity index is 2.49. The van der Waals surface area contributed by atoms with Gasteiger partial charge in [0.15, 0.2) is 0 Å². The first kappa shape index (κ1) is 21.0. The highest BCUT2D eigenvalue weighted by atomic mass is 127. The van der Waals surface area contributed by atoms with E-state index >= 15 is 0 Å². The summed E-state index contributed by atoms with van der Waals surface area (Å²) in [5, 5.41) is 0. The summed E-state index contributed by atoms with van der Waals surface area (Å²) in [6.45, 7) is 12.4. The van der Waals surface area contributed by atoms with E-state index in [4.69, 9.17) is 9.47 Å². The number of carbonyl (C=O) groups is 1. The largest absolute Gasteiger partial charge is 0.444 e. The van der Waals surface area contributed by atoms with Gasteiger partial charge in [-0.2, -0.15) is 0 Å². The van der Waals surface area contributed by atoms with E-state index in [0.29, 0.717) is 6.54 Å². The molecule has 0 aromatic heterocycles. The molecule has 1 saturated heterocycles. The molecular formula is C18H34INO3. The third-order valence-electron chi connectivity index (χ3n) is 4.02. The van der Waals surface area contributed by atoms with Crippen LogP contribution in [-0.4, -0.2) is 46.3 Å². The van der Waals surface area contributed by atoms with Crippen molar-refractivity contribution in [3.63, 3.8) is 0 Å². The van der Waals surface area contributed by atoms with Crippen LogP contribution >= 0.6 is 22.6 Å². The lowest BCUT2D eigenvalue weighted by atomic mass is 9.95. The second-order valence-corrected chi connectivity index (χ2v) is 8.82. The quantitative estimate of drug-likeness (QED) is 0.317. The lowest BCUT2D eigenvalue weighted by Crippen LogP contribution is -2.53. The molecule has 5 heteroatoms. The molecule has 0 spiro atoms. The maximum atomic E-state index is 12.3. The Morgan fingerprint density at radius 1 is 1.30 bits per heavy atom. The van der Waals surface area contributed by atoms with E-state index in [1.54, 1.807) is 0 Å². The molecule has 1 amide bonds. The first-order valence-electron chi connectivity index (χ1n) is 8.85. The molecule has 0 bridgehead atoms. The van der Waals surface area contributed by atoms with Gasteiger partial charge >= 0.3 is 6.09 Å². The van der Waals surface area contributed by atoms with Crippen LogP contribution in [-0.2, 0) is 9.47 Å². The average Bonchev–Trinajstić information content (AvgIpc) is 2.45. The summed E-state index contributed by atoms with van der Waals surface area (Å²) in [5.41, 5.74) is -0.646. The van der Waals surface area contributed by atoms with Crippen molar-refractivity contribution in [2.45, 2.75) is 77.9 Å². The molecule has 0 radical (unpaired) electrons. The Kier molecular flexibility index (Phi) is 8.63. The Bertz CT molecular complexity index is 368. The Hall–Kier alpha value is -0.0400. The molecular weight excluding hydrogens is 405 g/mol. The highest BCUT2D eigenvalue weighted by Gasteiger charge is 2.38. The Labute approximate surface area is 155 Å². The van der Waals surface area contributed by atoms with Gasteiger partial charge in [0, 0.05) is 17.6 Å². The fraction of sp³-hybridized carbons (Fsp3) is 0.944. The first-order chi connectivity index (χ1) is 10.7. The highest BCUT2D eigenvalue weighted by Crippen LogP contribution is 2.29. The SMILES string of the molecule is CC(C)CCCCOC1(CI)CCCN(C(=O)OC(C)(C)C)C1. The lowest BCUT2D eigenvalue weighted by Gasteiger charge is -2.42. The van der Waals surface area contributed by atoms with Crippen LogP contribution in [0, 0.1) is 5.92 Å². The van der Waals surface area contributed by atoms with Crippen molar-refractivity contribution in [3.8, 4) is 0 Å². The van der Waals surface area contributed by atoms with Gasteiger partial charge in [0.25, 0.3) is 0 Å². The van der Waals surface area contributed by atoms with Gasteiger partial charge in [-0.25, -0.2) is 4.79 Å². The van der Waals surface area contributed by atoms with E-state index in [0.717, 1.165) is 42.8 Å². The summed E-state index contributed by atoms with van der Waals surface area (Å²) in [7, 11) is 0. The third-order valence-corrected chi connectivity index (χ3v) is 5.41. The molecule has 0 aromatic rings. The molecule has 0 saturated carbocycles. The van der Waals surface area contributed by atoms with Gasteiger partial charge in [0.1, 0.15) is 5.60 Å². The van der Waals surface area contributed by atoms with Gasteiger partial charge < -0.3 is 14.4 Å². The molecule has 1 aliphatic rings. The number of carbonyl (C=O) groups excluding carboxylic acids is 1. The number of likely N-dealkylation sites (tertiary alicyclic amines) is 1. The zero-order chi connectivity index (χ0) is 17.5. The van der Waals surface area contributed by atoms with E-state index in [-0.39, 0.29) is 11.7 Å². The molecule has 0 aromatic carbocycles. The normalized spacial score (nSPS) is 22.5. The molecule has 1 fully saturated rings. The van der Waals surface area contributed by atoms with E-state index < -0.39 is 5.60 Å². The van der Waals surface area contributed by atoms with Gasteiger partial charge in [0.05, 0.1) is 12.1 Å². The molecule has 23 heavy (non-hydrogen) atoms. The molecule has 1 heterocycles. The molecule has 136 valence electrons. The number of alkyl halides is 1. The minimum absolute atomic E-state index is 0.201. The number of hydrogen-bond acceptors (Lipinski definition) is 3. The van der Waals surface area contributed by atoms with E-state index in [1.165, 1.54) is 12.8 Å². The Morgan fingerprint density at radius 3 is 2.57 bits per heavy atom. The molecule has 0 N–H and O–H groups in total. The summed E-state index contributed by atoms with van der Waals surface area (Å²) in [6, 6.07) is 0. The van der Waals surface area contributed by atoms with Crippen molar-refractivity contribution in [1.29, 1.82) is 0 Å². The van der Waals surface area contributed by atoms with Crippen LogP contribution in [0.4, 0.5) is 4.79 Å². The van der Waals surface area contributed by atoms with Crippen molar-refractivity contribution in [2.75, 3.05) is 24.1 Å². The van der Waals surface area contributed by atoms with Crippen molar-refractivity contribution < 1.29 is 14.3 Å². The number of halogens is 1. The van der Waals surface area contributed by atoms with Gasteiger partial charge in [-0.05, 0) is 46.0 Å². The van der Waals surface area contributed by atoms with Gasteiger partial charge in [-0.15, -0.1) is 0 Å². The first-order valence-corrected chi connectivity index (χ1v) is 10.4. The molecule has 1 unspecified atom stereocenters. The van der Waals surface area contributed by atoms with Crippen LogP contribution in [0.1, 0.15) is 66.7 Å². The van der Waals surface area contributed by atoms with Crippen molar-refractivity contribution in [3.05, 3.63) is 0 Å². The van der Waals surface area contributed by atoms with E-state index in [9.17, 15) is 4.79 Å². The maximum Gasteiger partial charge on any atom is 0.410 e. The molecule has 1 aliphatic heterocycles. The predicted molar refractivity (Wildman–Crippen MR) is 103 cm³/mol. The number of amides is 1. The summed E-state index contributed by atoms with van der Waals surface area (Å²) in [6.07, 6.45) is 5.36. The van der Waals surface area contributed by atoms with Gasteiger partial charge in [-0.1, -0.05) is 49.3 Å². The number of hydrogen-bond donors (Lipinski definition) is 0. The van der Waals surface area contributed by atoms with Gasteiger partial charge in [0.2, 0.25) is 0 Å². The van der Waals surface area contributed by atoms with E-state index in [1.807, 2.05) is 25.7 Å². The minimum Gasteiger partial charge on any atom is -0.444 e. The van der Waals surface area contributed by atoms with Crippen LogP contribution in [0.5, 0.6) is 0 Å². The zero-order valence-electron chi connectivity index (χ0n) is 15.5. The van der Waals surface area contributed by atoms with Crippen molar-refractivity contribution >= 4 is 28.7 Å². The van der Waals surface area contributed by atoms with Crippen LogP contribution < -0.4 is 0 Å². The molecule has 1 rings (SSSR count). The summed E-state index contributed by atoms with van der Waals surface area (Å²) >= 11 is 2.39. The standard InChI is InChI=1S/C18H34INO3/c1-15(2)9-6-7-12-22-18(13-19)10-8-11-20(14-18)16(21)23-17(3,4)5/h15H,6-14H2,1-5H3. The number of rotatable bonds is 7. The number of piperidine rings is 1. The van der Waals surface area contributed by atoms with Crippen LogP contribution in [0.15, 0.2) is 0 Å². The fourth-order valence-electron chi connectivity index (χ4n) is 2.79. The van der Waals surface area contributed by atoms with Crippen molar-refractivity contribution in [2.24, 2.45) is 5.92 Å². The average molecular weight is 439 g/mol. The summed E-state index contributed by atoms with van der Waals surface area (Å²) in [4.78, 5) is 14.1. The smallest absolute Gasteiger partial charge is 0.410 e. The second-order valence-electron chi connectivity index (χ2n) is 8.06. The maximum absolute atomic E-state index is 12.3. The number of ether oxygens (including phenoxy) is 2. The van der Waals surface area contributed by atoms with Crippen molar-refractivity contribution in [1.82, 2.24) is 4.90 Å². The third kappa shape index (κ3) is 8.05. The zero-order valence-corrected chi connectivity index (χ0v) is 17.6. The topological polar surface area (TPSA) is 38.8 Å². The highest BCUT2D eigenvalue weighted by molar-refractivity contribution is 14.1. The van der Waals surface area contributed by atoms with Crippen LogP contribution in [0.25, 0.3) is 0 Å². The molecule has 0 aliphatic carbocycles. The minimum atomic E-state index is -0.445.